The molecule has 1 aromatic heterocycles. The monoisotopic (exact) mass is 472 g/mol. The summed E-state index contributed by atoms with van der Waals surface area (Å²) in [6, 6.07) is 19.5. The van der Waals surface area contributed by atoms with E-state index in [1.807, 2.05) is 0 Å². The van der Waals surface area contributed by atoms with E-state index in [0.29, 0.717) is 5.92 Å². The normalized spacial score (nSPS) is 15.2. The number of hydrogen-bond acceptors (Lipinski definition) is 5. The van der Waals surface area contributed by atoms with Gasteiger partial charge in [-0.05, 0) is 62.1 Å². The lowest BCUT2D eigenvalue weighted by Gasteiger charge is -2.31. The Labute approximate surface area is 209 Å². The van der Waals surface area contributed by atoms with Gasteiger partial charge in [0.2, 0.25) is 5.95 Å². The highest BCUT2D eigenvalue weighted by molar-refractivity contribution is 7.98. The molecular weight excluding hydrogens is 436 g/mol. The van der Waals surface area contributed by atoms with Gasteiger partial charge in [0.25, 0.3) is 0 Å². The molecule has 3 aromatic rings. The molecule has 0 unspecified atom stereocenters. The summed E-state index contributed by atoms with van der Waals surface area (Å²) >= 11 is 1.79. The summed E-state index contributed by atoms with van der Waals surface area (Å²) in [5, 5.41) is 0. The lowest BCUT2D eigenvalue weighted by molar-refractivity contribution is 0.672. The average Bonchev–Trinajstić information content (AvgIpc) is 2.85. The zero-order chi connectivity index (χ0) is 24.1. The summed E-state index contributed by atoms with van der Waals surface area (Å²) < 4.78 is 0. The SMILES string of the molecule is CCN(c1nc(C)cc(N2CCC/C(=C/c3ccccc3)C2)n1)c1ccc(C(C)C)cc1SC. The van der Waals surface area contributed by atoms with E-state index in [2.05, 4.69) is 104 Å². The van der Waals surface area contributed by atoms with E-state index in [4.69, 9.17) is 9.97 Å². The lowest BCUT2D eigenvalue weighted by Crippen LogP contribution is -2.32. The molecule has 2 aromatic carbocycles. The second-order valence-corrected chi connectivity index (χ2v) is 10.1. The van der Waals surface area contributed by atoms with E-state index in [1.165, 1.54) is 27.3 Å². The van der Waals surface area contributed by atoms with Crippen molar-refractivity contribution in [1.82, 2.24) is 9.97 Å². The average molecular weight is 473 g/mol. The van der Waals surface area contributed by atoms with Crippen molar-refractivity contribution in [2.45, 2.75) is 51.3 Å². The smallest absolute Gasteiger partial charge is 0.232 e. The second kappa shape index (κ2) is 11.1. The highest BCUT2D eigenvalue weighted by Gasteiger charge is 2.20. The fourth-order valence-electron chi connectivity index (χ4n) is 4.51. The molecule has 1 fully saturated rings. The quantitative estimate of drug-likeness (QED) is 0.333. The van der Waals surface area contributed by atoms with Crippen molar-refractivity contribution in [2.75, 3.05) is 35.7 Å². The van der Waals surface area contributed by atoms with Gasteiger partial charge in [-0.2, -0.15) is 4.98 Å². The summed E-state index contributed by atoms with van der Waals surface area (Å²) in [5.74, 6) is 2.31. The van der Waals surface area contributed by atoms with Gasteiger partial charge in [-0.15, -0.1) is 11.8 Å². The standard InChI is InChI=1S/C29H36N4S/c1-6-33(26-15-14-25(21(2)3)19-27(26)34-5)29-30-22(4)17-28(31-29)32-16-10-13-24(20-32)18-23-11-8-7-9-12-23/h7-9,11-12,14-15,17-19,21H,6,10,13,16,20H2,1-5H3/b24-18-. The molecule has 2 heterocycles. The Morgan fingerprint density at radius 2 is 1.88 bits per heavy atom. The zero-order valence-corrected chi connectivity index (χ0v) is 21.9. The number of aromatic nitrogens is 2. The molecular formula is C29H36N4S. The Bertz CT molecular complexity index is 1140. The van der Waals surface area contributed by atoms with Gasteiger partial charge in [-0.3, -0.25) is 0 Å². The summed E-state index contributed by atoms with van der Waals surface area (Å²) in [6.45, 7) is 11.5. The van der Waals surface area contributed by atoms with Crippen LogP contribution in [0.4, 0.5) is 17.5 Å². The zero-order valence-electron chi connectivity index (χ0n) is 21.1. The number of hydrogen-bond donors (Lipinski definition) is 0. The number of thioether (sulfide) groups is 1. The molecule has 178 valence electrons. The maximum atomic E-state index is 5.08. The largest absolute Gasteiger partial charge is 0.352 e. The lowest BCUT2D eigenvalue weighted by atomic mass is 10.0. The summed E-state index contributed by atoms with van der Waals surface area (Å²) in [5.41, 5.74) is 6.27. The van der Waals surface area contributed by atoms with Crippen LogP contribution < -0.4 is 9.80 Å². The van der Waals surface area contributed by atoms with Crippen molar-refractivity contribution in [1.29, 1.82) is 0 Å². The fourth-order valence-corrected chi connectivity index (χ4v) is 5.15. The number of rotatable bonds is 7. The van der Waals surface area contributed by atoms with Crippen molar-refractivity contribution in [3.63, 3.8) is 0 Å². The predicted molar refractivity (Wildman–Crippen MR) is 148 cm³/mol. The van der Waals surface area contributed by atoms with Crippen LogP contribution in [0.5, 0.6) is 0 Å². The summed E-state index contributed by atoms with van der Waals surface area (Å²) in [7, 11) is 0. The van der Waals surface area contributed by atoms with Crippen LogP contribution in [-0.4, -0.2) is 35.9 Å². The molecule has 1 saturated heterocycles. The molecule has 0 saturated carbocycles. The predicted octanol–water partition coefficient (Wildman–Crippen LogP) is 7.47. The molecule has 4 nitrogen and oxygen atoms in total. The minimum Gasteiger partial charge on any atom is -0.352 e. The molecule has 0 radical (unpaired) electrons. The Kier molecular flexibility index (Phi) is 7.94. The third kappa shape index (κ3) is 5.64. The Morgan fingerprint density at radius 3 is 2.59 bits per heavy atom. The van der Waals surface area contributed by atoms with E-state index in [-0.39, 0.29) is 0 Å². The van der Waals surface area contributed by atoms with Crippen LogP contribution in [0.2, 0.25) is 0 Å². The van der Waals surface area contributed by atoms with Gasteiger partial charge >= 0.3 is 0 Å². The second-order valence-electron chi connectivity index (χ2n) is 9.24. The van der Waals surface area contributed by atoms with Gasteiger partial charge < -0.3 is 9.80 Å². The van der Waals surface area contributed by atoms with Gasteiger partial charge in [0, 0.05) is 36.3 Å². The topological polar surface area (TPSA) is 32.3 Å². The highest BCUT2D eigenvalue weighted by atomic mass is 32.2. The summed E-state index contributed by atoms with van der Waals surface area (Å²) in [4.78, 5) is 15.9. The molecule has 34 heavy (non-hydrogen) atoms. The third-order valence-corrected chi connectivity index (χ3v) is 7.13. The minimum absolute atomic E-state index is 0.508. The van der Waals surface area contributed by atoms with Crippen molar-refractivity contribution >= 4 is 35.3 Å². The first kappa shape index (κ1) is 24.3. The molecule has 1 aliphatic heterocycles. The number of aryl methyl sites for hydroxylation is 1. The summed E-state index contributed by atoms with van der Waals surface area (Å²) in [6.07, 6.45) is 6.76. The Balaban J connectivity index is 1.64. The minimum atomic E-state index is 0.508. The highest BCUT2D eigenvalue weighted by Crippen LogP contribution is 2.35. The first-order valence-corrected chi connectivity index (χ1v) is 13.5. The van der Waals surface area contributed by atoms with Crippen LogP contribution in [0.25, 0.3) is 6.08 Å². The number of anilines is 3. The molecule has 4 rings (SSSR count). The number of piperidine rings is 1. The van der Waals surface area contributed by atoms with E-state index in [9.17, 15) is 0 Å². The van der Waals surface area contributed by atoms with Crippen LogP contribution in [0.3, 0.4) is 0 Å². The van der Waals surface area contributed by atoms with Crippen molar-refractivity contribution in [3.8, 4) is 0 Å². The fraction of sp³-hybridized carbons (Fsp3) is 0.379. The van der Waals surface area contributed by atoms with Gasteiger partial charge in [0.05, 0.1) is 5.69 Å². The molecule has 0 spiro atoms. The van der Waals surface area contributed by atoms with Gasteiger partial charge in [-0.1, -0.05) is 61.9 Å². The molecule has 0 bridgehead atoms. The first-order valence-electron chi connectivity index (χ1n) is 12.3. The number of benzene rings is 2. The van der Waals surface area contributed by atoms with Crippen molar-refractivity contribution in [2.24, 2.45) is 0 Å². The van der Waals surface area contributed by atoms with Crippen LogP contribution in [0.15, 0.2) is 65.1 Å². The third-order valence-electron chi connectivity index (χ3n) is 6.36. The van der Waals surface area contributed by atoms with Gasteiger partial charge in [-0.25, -0.2) is 4.98 Å². The maximum Gasteiger partial charge on any atom is 0.232 e. The van der Waals surface area contributed by atoms with Crippen LogP contribution >= 0.6 is 11.8 Å². The van der Waals surface area contributed by atoms with Crippen molar-refractivity contribution < 1.29 is 0 Å². The van der Waals surface area contributed by atoms with E-state index in [0.717, 1.165) is 49.9 Å². The number of nitrogens with zero attached hydrogens (tertiary/aromatic N) is 4. The van der Waals surface area contributed by atoms with Crippen LogP contribution in [0, 0.1) is 6.92 Å². The van der Waals surface area contributed by atoms with Gasteiger partial charge in [0.1, 0.15) is 5.82 Å². The van der Waals surface area contributed by atoms with E-state index in [1.54, 1.807) is 11.8 Å². The van der Waals surface area contributed by atoms with E-state index < -0.39 is 0 Å². The maximum absolute atomic E-state index is 5.08. The molecule has 0 aliphatic carbocycles. The molecule has 0 atom stereocenters. The van der Waals surface area contributed by atoms with Crippen LogP contribution in [-0.2, 0) is 0 Å². The van der Waals surface area contributed by atoms with E-state index >= 15 is 0 Å². The molecule has 1 aliphatic rings. The van der Waals surface area contributed by atoms with Crippen LogP contribution in [0.1, 0.15) is 56.4 Å². The molecule has 0 N–H and O–H groups in total. The van der Waals surface area contributed by atoms with Gasteiger partial charge in [0.15, 0.2) is 0 Å². The van der Waals surface area contributed by atoms with Crippen molar-refractivity contribution in [3.05, 3.63) is 77.0 Å². The molecule has 0 amide bonds. The first-order chi connectivity index (χ1) is 16.5. The Morgan fingerprint density at radius 1 is 1.09 bits per heavy atom. The Hall–Kier alpha value is -2.79. The molecule has 5 heteroatoms.